The molecule has 0 spiro atoms. The summed E-state index contributed by atoms with van der Waals surface area (Å²) in [5, 5.41) is 4.31. The van der Waals surface area contributed by atoms with Crippen molar-refractivity contribution in [3.05, 3.63) is 15.9 Å². The van der Waals surface area contributed by atoms with Crippen molar-refractivity contribution in [1.29, 1.82) is 0 Å². The molecule has 0 aliphatic carbocycles. The number of carbonyl (C=O) groups is 1. The summed E-state index contributed by atoms with van der Waals surface area (Å²) in [5.74, 6) is 0.910. The second-order valence-electron chi connectivity index (χ2n) is 5.05. The van der Waals surface area contributed by atoms with Crippen LogP contribution in [0.4, 0.5) is 0 Å². The minimum Gasteiger partial charge on any atom is -0.459 e. The Kier molecular flexibility index (Phi) is 5.28. The third-order valence-electron chi connectivity index (χ3n) is 2.14. The lowest BCUT2D eigenvalue weighted by atomic mass is 10.2. The average Bonchev–Trinajstić information content (AvgIpc) is 2.41. The highest BCUT2D eigenvalue weighted by Gasteiger charge is 2.17. The molecular weight excluding hydrogens is 316 g/mol. The molecule has 0 amide bonds. The summed E-state index contributed by atoms with van der Waals surface area (Å²) in [6.07, 6.45) is 0. The van der Waals surface area contributed by atoms with Gasteiger partial charge in [0.1, 0.15) is 5.60 Å². The van der Waals surface area contributed by atoms with Crippen LogP contribution >= 0.6 is 27.7 Å². The molecule has 1 aromatic heterocycles. The zero-order valence-corrected chi connectivity index (χ0v) is 13.8. The third kappa shape index (κ3) is 4.65. The predicted octanol–water partition coefficient (Wildman–Crippen LogP) is 3.07. The highest BCUT2D eigenvalue weighted by atomic mass is 79.9. The summed E-state index contributed by atoms with van der Waals surface area (Å²) in [6.45, 7) is 7.57. The molecule has 4 nitrogen and oxygen atoms in total. The molecule has 0 radical (unpaired) electrons. The Balaban J connectivity index is 2.45. The van der Waals surface area contributed by atoms with Gasteiger partial charge in [-0.2, -0.15) is 5.10 Å². The standard InChI is InChI=1S/C12H19BrN2O2S/c1-8-11(13)9(15(5)14-8)6-18-7-10(16)17-12(2,3)4/h6-7H2,1-5H3. The molecule has 0 saturated carbocycles. The van der Waals surface area contributed by atoms with Gasteiger partial charge in [-0.05, 0) is 43.6 Å². The van der Waals surface area contributed by atoms with Crippen molar-refractivity contribution in [3.8, 4) is 0 Å². The first-order valence-corrected chi connectivity index (χ1v) is 7.63. The molecular formula is C12H19BrN2O2S. The van der Waals surface area contributed by atoms with E-state index >= 15 is 0 Å². The Hall–Kier alpha value is -0.490. The molecule has 0 N–H and O–H groups in total. The molecule has 18 heavy (non-hydrogen) atoms. The number of hydrogen-bond acceptors (Lipinski definition) is 4. The van der Waals surface area contributed by atoms with Gasteiger partial charge in [0.15, 0.2) is 0 Å². The summed E-state index contributed by atoms with van der Waals surface area (Å²) in [7, 11) is 1.90. The lowest BCUT2D eigenvalue weighted by molar-refractivity contribution is -0.151. The van der Waals surface area contributed by atoms with Crippen LogP contribution in [0.15, 0.2) is 4.47 Å². The summed E-state index contributed by atoms with van der Waals surface area (Å²) >= 11 is 5.04. The molecule has 0 aromatic carbocycles. The van der Waals surface area contributed by atoms with Crippen LogP contribution in [0, 0.1) is 6.92 Å². The number of carbonyl (C=O) groups excluding carboxylic acids is 1. The van der Waals surface area contributed by atoms with Gasteiger partial charge in [0.25, 0.3) is 0 Å². The number of esters is 1. The Morgan fingerprint density at radius 3 is 2.56 bits per heavy atom. The summed E-state index contributed by atoms with van der Waals surface area (Å²) in [5.41, 5.74) is 1.63. The Bertz CT molecular complexity index is 438. The van der Waals surface area contributed by atoms with Gasteiger partial charge >= 0.3 is 5.97 Å². The van der Waals surface area contributed by atoms with Gasteiger partial charge in [-0.3, -0.25) is 9.48 Å². The fraction of sp³-hybridized carbons (Fsp3) is 0.667. The molecule has 0 aliphatic rings. The van der Waals surface area contributed by atoms with Gasteiger partial charge in [0, 0.05) is 12.8 Å². The highest BCUT2D eigenvalue weighted by molar-refractivity contribution is 9.10. The molecule has 1 heterocycles. The summed E-state index contributed by atoms with van der Waals surface area (Å²) < 4.78 is 8.10. The number of ether oxygens (including phenoxy) is 1. The van der Waals surface area contributed by atoms with Gasteiger partial charge in [-0.1, -0.05) is 0 Å². The fourth-order valence-corrected chi connectivity index (χ4v) is 2.95. The van der Waals surface area contributed by atoms with Crippen molar-refractivity contribution in [3.63, 3.8) is 0 Å². The van der Waals surface area contributed by atoms with Gasteiger partial charge in [0.2, 0.25) is 0 Å². The van der Waals surface area contributed by atoms with Crippen molar-refractivity contribution in [2.75, 3.05) is 5.75 Å². The maximum Gasteiger partial charge on any atom is 0.316 e. The maximum absolute atomic E-state index is 11.5. The van der Waals surface area contributed by atoms with Crippen molar-refractivity contribution >= 4 is 33.7 Å². The largest absolute Gasteiger partial charge is 0.459 e. The van der Waals surface area contributed by atoms with Crippen LogP contribution in [-0.2, 0) is 22.3 Å². The number of halogens is 1. The van der Waals surface area contributed by atoms with E-state index in [2.05, 4.69) is 21.0 Å². The second-order valence-corrected chi connectivity index (χ2v) is 6.83. The lowest BCUT2D eigenvalue weighted by Crippen LogP contribution is -2.25. The van der Waals surface area contributed by atoms with E-state index in [1.54, 1.807) is 0 Å². The van der Waals surface area contributed by atoms with Crippen molar-refractivity contribution in [2.24, 2.45) is 7.05 Å². The zero-order chi connectivity index (χ0) is 13.9. The van der Waals surface area contributed by atoms with E-state index in [9.17, 15) is 4.79 Å². The smallest absolute Gasteiger partial charge is 0.316 e. The van der Waals surface area contributed by atoms with E-state index in [0.29, 0.717) is 5.75 Å². The van der Waals surface area contributed by atoms with Gasteiger partial charge in [0.05, 0.1) is 21.6 Å². The minimum atomic E-state index is -0.415. The maximum atomic E-state index is 11.5. The molecule has 0 saturated heterocycles. The summed E-state index contributed by atoms with van der Waals surface area (Å²) in [6, 6.07) is 0. The van der Waals surface area contributed by atoms with Gasteiger partial charge in [-0.25, -0.2) is 0 Å². The lowest BCUT2D eigenvalue weighted by Gasteiger charge is -2.19. The number of nitrogens with zero attached hydrogens (tertiary/aromatic N) is 2. The predicted molar refractivity (Wildman–Crippen MR) is 77.7 cm³/mol. The number of aryl methyl sites for hydroxylation is 2. The number of rotatable bonds is 4. The molecule has 0 fully saturated rings. The second kappa shape index (κ2) is 6.10. The van der Waals surface area contributed by atoms with Crippen LogP contribution < -0.4 is 0 Å². The quantitative estimate of drug-likeness (QED) is 0.794. The van der Waals surface area contributed by atoms with Crippen LogP contribution in [0.5, 0.6) is 0 Å². The van der Waals surface area contributed by atoms with Crippen LogP contribution in [0.2, 0.25) is 0 Å². The van der Waals surface area contributed by atoms with E-state index in [1.165, 1.54) is 11.8 Å². The van der Waals surface area contributed by atoms with E-state index < -0.39 is 5.60 Å². The molecule has 1 aromatic rings. The first-order chi connectivity index (χ1) is 8.20. The van der Waals surface area contributed by atoms with Crippen molar-refractivity contribution in [1.82, 2.24) is 9.78 Å². The number of aromatic nitrogens is 2. The first kappa shape index (κ1) is 15.6. The normalized spacial score (nSPS) is 11.7. The minimum absolute atomic E-state index is 0.178. The fourth-order valence-electron chi connectivity index (χ4n) is 1.44. The average molecular weight is 335 g/mol. The van der Waals surface area contributed by atoms with E-state index in [-0.39, 0.29) is 5.97 Å². The molecule has 0 bridgehead atoms. The van der Waals surface area contributed by atoms with E-state index in [4.69, 9.17) is 4.74 Å². The van der Waals surface area contributed by atoms with Crippen molar-refractivity contribution < 1.29 is 9.53 Å². The zero-order valence-electron chi connectivity index (χ0n) is 11.4. The Labute approximate surface area is 121 Å². The Morgan fingerprint density at radius 1 is 1.50 bits per heavy atom. The number of thioether (sulfide) groups is 1. The van der Waals surface area contributed by atoms with Crippen LogP contribution in [-0.4, -0.2) is 27.1 Å². The first-order valence-electron chi connectivity index (χ1n) is 5.68. The van der Waals surface area contributed by atoms with Gasteiger partial charge < -0.3 is 4.74 Å². The van der Waals surface area contributed by atoms with Crippen LogP contribution in [0.1, 0.15) is 32.2 Å². The molecule has 102 valence electrons. The third-order valence-corrected chi connectivity index (χ3v) is 4.09. The topological polar surface area (TPSA) is 44.1 Å². The molecule has 6 heteroatoms. The Morgan fingerprint density at radius 2 is 2.11 bits per heavy atom. The molecule has 0 atom stereocenters. The van der Waals surface area contributed by atoms with E-state index in [1.807, 2.05) is 39.4 Å². The highest BCUT2D eigenvalue weighted by Crippen LogP contribution is 2.24. The SMILES string of the molecule is Cc1nn(C)c(CSCC(=O)OC(C)(C)C)c1Br. The monoisotopic (exact) mass is 334 g/mol. The van der Waals surface area contributed by atoms with E-state index in [0.717, 1.165) is 21.6 Å². The van der Waals surface area contributed by atoms with Crippen LogP contribution in [0.3, 0.4) is 0 Å². The molecule has 0 aliphatic heterocycles. The van der Waals surface area contributed by atoms with Crippen LogP contribution in [0.25, 0.3) is 0 Å². The molecule has 0 unspecified atom stereocenters. The molecule has 1 rings (SSSR count). The van der Waals surface area contributed by atoms with Crippen molar-refractivity contribution in [2.45, 2.75) is 39.0 Å². The number of hydrogen-bond donors (Lipinski definition) is 0. The van der Waals surface area contributed by atoms with Gasteiger partial charge in [-0.15, -0.1) is 11.8 Å². The summed E-state index contributed by atoms with van der Waals surface area (Å²) in [4.78, 5) is 11.5.